The van der Waals surface area contributed by atoms with Crippen LogP contribution in [0, 0.1) is 0 Å². The van der Waals surface area contributed by atoms with Gasteiger partial charge >= 0.3 is 5.97 Å². The summed E-state index contributed by atoms with van der Waals surface area (Å²) in [5.41, 5.74) is 10.3. The fourth-order valence-electron chi connectivity index (χ4n) is 0.441. The van der Waals surface area contributed by atoms with Crippen LogP contribution in [0.2, 0.25) is 0 Å². The summed E-state index contributed by atoms with van der Waals surface area (Å²) in [5.74, 6) is -0.573. The maximum atomic E-state index is 10.7. The summed E-state index contributed by atoms with van der Waals surface area (Å²) in [6, 6.07) is 0. The molecule has 0 aromatic heterocycles. The molecule has 0 aliphatic carbocycles. The molecule has 0 spiro atoms. The molecule has 5 heteroatoms. The summed E-state index contributed by atoms with van der Waals surface area (Å²) < 4.78 is 4.36. The van der Waals surface area contributed by atoms with Crippen molar-refractivity contribution in [3.05, 3.63) is 23.0 Å². The van der Waals surface area contributed by atoms with Crippen LogP contribution >= 0.6 is 11.6 Å². The van der Waals surface area contributed by atoms with Crippen LogP contribution in [-0.4, -0.2) is 13.1 Å². The molecule has 0 amide bonds. The Morgan fingerprint density at radius 3 is 2.45 bits per heavy atom. The van der Waals surface area contributed by atoms with Gasteiger partial charge in [-0.25, -0.2) is 4.79 Å². The highest BCUT2D eigenvalue weighted by Gasteiger charge is 2.04. The molecule has 4 nitrogen and oxygen atoms in total. The highest BCUT2D eigenvalue weighted by atomic mass is 35.5. The van der Waals surface area contributed by atoms with E-state index in [4.69, 9.17) is 23.1 Å². The van der Waals surface area contributed by atoms with Crippen molar-refractivity contribution in [2.75, 3.05) is 7.11 Å². The Kier molecular flexibility index (Phi) is 4.14. The number of carbonyl (C=O) groups excluding carboxylic acids is 1. The summed E-state index contributed by atoms with van der Waals surface area (Å²) in [4.78, 5) is 10.7. The van der Waals surface area contributed by atoms with Gasteiger partial charge in [-0.05, 0) is 6.08 Å². The number of hydrogen-bond donors (Lipinski definition) is 2. The zero-order valence-corrected chi connectivity index (χ0v) is 6.76. The van der Waals surface area contributed by atoms with E-state index in [1.54, 1.807) is 0 Å². The SMILES string of the molecule is COC(=O)C(/C=C(\N)Cl)=C/N. The lowest BCUT2D eigenvalue weighted by Crippen LogP contribution is -2.06. The Labute approximate surface area is 69.4 Å². The third-order valence-electron chi connectivity index (χ3n) is 0.894. The minimum Gasteiger partial charge on any atom is -0.465 e. The van der Waals surface area contributed by atoms with E-state index in [0.717, 1.165) is 6.20 Å². The number of esters is 1. The van der Waals surface area contributed by atoms with Gasteiger partial charge in [0.1, 0.15) is 5.16 Å². The second kappa shape index (κ2) is 4.62. The molecular weight excluding hydrogens is 168 g/mol. The van der Waals surface area contributed by atoms with E-state index >= 15 is 0 Å². The molecule has 0 aromatic carbocycles. The fraction of sp³-hybridized carbons (Fsp3) is 0.167. The lowest BCUT2D eigenvalue weighted by atomic mass is 10.3. The molecule has 4 N–H and O–H groups in total. The number of nitrogens with two attached hydrogens (primary N) is 2. The average Bonchev–Trinajstić information content (AvgIpc) is 1.98. The van der Waals surface area contributed by atoms with Crippen LogP contribution in [0.5, 0.6) is 0 Å². The maximum Gasteiger partial charge on any atom is 0.339 e. The first-order valence-corrected chi connectivity index (χ1v) is 3.12. The summed E-state index contributed by atoms with van der Waals surface area (Å²) >= 11 is 5.29. The summed E-state index contributed by atoms with van der Waals surface area (Å²) in [5, 5.41) is -0.0212. The Morgan fingerprint density at radius 1 is 1.64 bits per heavy atom. The first kappa shape index (κ1) is 9.84. The van der Waals surface area contributed by atoms with Crippen molar-refractivity contribution in [2.45, 2.75) is 0 Å². The largest absolute Gasteiger partial charge is 0.465 e. The van der Waals surface area contributed by atoms with E-state index in [1.807, 2.05) is 0 Å². The van der Waals surface area contributed by atoms with E-state index in [0.29, 0.717) is 0 Å². The highest BCUT2D eigenvalue weighted by Crippen LogP contribution is 2.01. The van der Waals surface area contributed by atoms with Gasteiger partial charge in [-0.3, -0.25) is 0 Å². The third kappa shape index (κ3) is 3.52. The van der Waals surface area contributed by atoms with Crippen LogP contribution in [0.15, 0.2) is 23.0 Å². The van der Waals surface area contributed by atoms with Crippen molar-refractivity contribution < 1.29 is 9.53 Å². The smallest absolute Gasteiger partial charge is 0.339 e. The molecule has 0 aliphatic heterocycles. The minimum atomic E-state index is -0.573. The van der Waals surface area contributed by atoms with Crippen LogP contribution in [0.25, 0.3) is 0 Å². The quantitative estimate of drug-likeness (QED) is 0.270. The number of carbonyl (C=O) groups is 1. The van der Waals surface area contributed by atoms with E-state index in [9.17, 15) is 4.79 Å². The average molecular weight is 177 g/mol. The zero-order chi connectivity index (χ0) is 8.85. The van der Waals surface area contributed by atoms with Crippen LogP contribution in [0.4, 0.5) is 0 Å². The van der Waals surface area contributed by atoms with Crippen molar-refractivity contribution in [1.29, 1.82) is 0 Å². The third-order valence-corrected chi connectivity index (χ3v) is 1.00. The van der Waals surface area contributed by atoms with Gasteiger partial charge in [0.2, 0.25) is 0 Å². The minimum absolute atomic E-state index is 0.0212. The Balaban J connectivity index is 4.45. The van der Waals surface area contributed by atoms with Crippen LogP contribution in [0.1, 0.15) is 0 Å². The van der Waals surface area contributed by atoms with E-state index in [2.05, 4.69) is 4.74 Å². The normalized spacial score (nSPS) is 12.9. The predicted octanol–water partition coefficient (Wildman–Crippen LogP) is 0.0409. The Morgan fingerprint density at radius 2 is 2.18 bits per heavy atom. The molecule has 0 bridgehead atoms. The van der Waals surface area contributed by atoms with Gasteiger partial charge in [0.25, 0.3) is 0 Å². The van der Waals surface area contributed by atoms with Crippen molar-refractivity contribution in [1.82, 2.24) is 0 Å². The lowest BCUT2D eigenvalue weighted by molar-refractivity contribution is -0.135. The number of methoxy groups -OCH3 is 1. The summed E-state index contributed by atoms with van der Waals surface area (Å²) in [6.45, 7) is 0. The van der Waals surface area contributed by atoms with E-state index in [-0.39, 0.29) is 10.7 Å². The van der Waals surface area contributed by atoms with Gasteiger partial charge in [0, 0.05) is 6.20 Å². The summed E-state index contributed by atoms with van der Waals surface area (Å²) in [7, 11) is 1.24. The zero-order valence-electron chi connectivity index (χ0n) is 6.00. The van der Waals surface area contributed by atoms with Crippen LogP contribution in [0.3, 0.4) is 0 Å². The molecule has 0 atom stereocenters. The van der Waals surface area contributed by atoms with Gasteiger partial charge in [-0.2, -0.15) is 0 Å². The molecule has 0 radical (unpaired) electrons. The first-order valence-electron chi connectivity index (χ1n) is 2.74. The fourth-order valence-corrected chi connectivity index (χ4v) is 0.559. The number of halogens is 1. The topological polar surface area (TPSA) is 78.3 Å². The molecular formula is C6H9ClN2O2. The van der Waals surface area contributed by atoms with Gasteiger partial charge in [-0.1, -0.05) is 11.6 Å². The Hall–Kier alpha value is -1.16. The second-order valence-corrected chi connectivity index (χ2v) is 2.08. The molecule has 0 aromatic rings. The molecule has 62 valence electrons. The first-order chi connectivity index (χ1) is 5.11. The lowest BCUT2D eigenvalue weighted by Gasteiger charge is -1.97. The van der Waals surface area contributed by atoms with Gasteiger partial charge in [-0.15, -0.1) is 0 Å². The van der Waals surface area contributed by atoms with Crippen molar-refractivity contribution in [3.8, 4) is 0 Å². The molecule has 0 unspecified atom stereocenters. The molecule has 0 saturated heterocycles. The van der Waals surface area contributed by atoms with Crippen molar-refractivity contribution >= 4 is 17.6 Å². The maximum absolute atomic E-state index is 10.7. The predicted molar refractivity (Wildman–Crippen MR) is 42.4 cm³/mol. The molecule has 11 heavy (non-hydrogen) atoms. The molecule has 0 aliphatic rings. The number of rotatable bonds is 2. The van der Waals surface area contributed by atoms with E-state index in [1.165, 1.54) is 13.2 Å². The number of ether oxygens (including phenoxy) is 1. The van der Waals surface area contributed by atoms with Gasteiger partial charge in [0.05, 0.1) is 12.7 Å². The van der Waals surface area contributed by atoms with Gasteiger partial charge in [0.15, 0.2) is 0 Å². The standard InChI is InChI=1S/C6H9ClN2O2/c1-11-6(10)4(3-8)2-5(7)9/h2-3H,8-9H2,1H3/b4-3+,5-2-. The molecule has 0 rings (SSSR count). The van der Waals surface area contributed by atoms with Crippen LogP contribution < -0.4 is 11.5 Å². The van der Waals surface area contributed by atoms with Gasteiger partial charge < -0.3 is 16.2 Å². The summed E-state index contributed by atoms with van der Waals surface area (Å²) in [6.07, 6.45) is 2.29. The highest BCUT2D eigenvalue weighted by molar-refractivity contribution is 6.29. The number of hydrogen-bond acceptors (Lipinski definition) is 4. The second-order valence-electron chi connectivity index (χ2n) is 1.64. The molecule has 0 fully saturated rings. The van der Waals surface area contributed by atoms with Crippen LogP contribution in [-0.2, 0) is 9.53 Å². The van der Waals surface area contributed by atoms with Crippen molar-refractivity contribution in [2.24, 2.45) is 11.5 Å². The monoisotopic (exact) mass is 176 g/mol. The van der Waals surface area contributed by atoms with Crippen molar-refractivity contribution in [3.63, 3.8) is 0 Å². The van der Waals surface area contributed by atoms with E-state index < -0.39 is 5.97 Å². The molecule has 0 heterocycles. The molecule has 0 saturated carbocycles. The Bertz CT molecular complexity index is 207.